The third-order valence-corrected chi connectivity index (χ3v) is 2.04. The lowest BCUT2D eigenvalue weighted by molar-refractivity contribution is -0.138. The first kappa shape index (κ1) is 14.7. The number of nitrogens with zero attached hydrogens (tertiary/aromatic N) is 1. The first-order valence-electron chi connectivity index (χ1n) is 5.71. The Kier molecular flexibility index (Phi) is 5.53. The molecule has 1 rings (SSSR count). The van der Waals surface area contributed by atoms with Gasteiger partial charge in [-0.05, 0) is 38.1 Å². The van der Waals surface area contributed by atoms with Gasteiger partial charge >= 0.3 is 5.97 Å². The predicted octanol–water partition coefficient (Wildman–Crippen LogP) is 1.36. The molecule has 0 fully saturated rings. The molecule has 1 aromatic rings. The highest BCUT2D eigenvalue weighted by Gasteiger charge is 2.05. The lowest BCUT2D eigenvalue weighted by atomic mass is 10.2. The van der Waals surface area contributed by atoms with Gasteiger partial charge < -0.3 is 9.47 Å². The van der Waals surface area contributed by atoms with E-state index in [9.17, 15) is 9.59 Å². The van der Waals surface area contributed by atoms with Crippen LogP contribution in [0.3, 0.4) is 0 Å². The molecular formula is C13H16N2O4. The fourth-order valence-electron chi connectivity index (χ4n) is 1.21. The summed E-state index contributed by atoms with van der Waals surface area (Å²) in [5, 5.41) is 3.51. The lowest BCUT2D eigenvalue weighted by Crippen LogP contribution is -2.20. The molecule has 0 atom stereocenters. The van der Waals surface area contributed by atoms with Gasteiger partial charge in [-0.25, -0.2) is 10.2 Å². The summed E-state index contributed by atoms with van der Waals surface area (Å²) in [6.07, 6.45) is 0.692. The number of methoxy groups -OCH3 is 1. The van der Waals surface area contributed by atoms with Crippen molar-refractivity contribution in [3.05, 3.63) is 29.8 Å². The van der Waals surface area contributed by atoms with Crippen LogP contribution in [0.1, 0.15) is 24.2 Å². The molecular weight excluding hydrogens is 248 g/mol. The van der Waals surface area contributed by atoms with Crippen LogP contribution in [0.15, 0.2) is 29.4 Å². The van der Waals surface area contributed by atoms with Crippen LogP contribution < -0.4 is 10.2 Å². The number of ether oxygens (including phenoxy) is 2. The van der Waals surface area contributed by atoms with Crippen LogP contribution in [0.25, 0.3) is 0 Å². The minimum absolute atomic E-state index is 0.226. The highest BCUT2D eigenvalue weighted by atomic mass is 16.5. The molecule has 1 amide bonds. The fraction of sp³-hybridized carbons (Fsp3) is 0.308. The van der Waals surface area contributed by atoms with Gasteiger partial charge in [0, 0.05) is 5.56 Å². The number of carbonyl (C=O) groups excluding carboxylic acids is 2. The van der Waals surface area contributed by atoms with Gasteiger partial charge in [0.05, 0.1) is 13.2 Å². The molecule has 0 heterocycles. The first-order chi connectivity index (χ1) is 9.02. The Bertz CT molecular complexity index is 466. The second-order valence-electron chi connectivity index (χ2n) is 3.91. The van der Waals surface area contributed by atoms with Crippen LogP contribution in [0.2, 0.25) is 0 Å². The van der Waals surface area contributed by atoms with E-state index in [4.69, 9.17) is 9.47 Å². The highest BCUT2D eigenvalue weighted by Crippen LogP contribution is 2.10. The third-order valence-electron chi connectivity index (χ3n) is 2.04. The molecule has 0 aliphatic rings. The average Bonchev–Trinajstić information content (AvgIpc) is 2.37. The van der Waals surface area contributed by atoms with Crippen molar-refractivity contribution in [3.63, 3.8) is 0 Å². The fourth-order valence-corrected chi connectivity index (χ4v) is 1.21. The smallest absolute Gasteiger partial charge is 0.351 e. The van der Waals surface area contributed by atoms with E-state index in [-0.39, 0.29) is 6.10 Å². The van der Waals surface area contributed by atoms with E-state index in [2.05, 4.69) is 10.5 Å². The molecule has 0 bridgehead atoms. The van der Waals surface area contributed by atoms with Crippen LogP contribution in [0.5, 0.6) is 5.75 Å². The zero-order chi connectivity index (χ0) is 14.3. The zero-order valence-electron chi connectivity index (χ0n) is 11.0. The second kappa shape index (κ2) is 7.15. The highest BCUT2D eigenvalue weighted by molar-refractivity contribution is 6.23. The average molecular weight is 264 g/mol. The minimum atomic E-state index is -0.606. The maximum atomic E-state index is 11.6. The van der Waals surface area contributed by atoms with E-state index in [1.54, 1.807) is 45.2 Å². The molecule has 0 unspecified atom stereocenters. The standard InChI is InChI=1S/C13H16N2O4/c1-9(2)19-12(16)8-14-15-13(17)10-4-6-11(18-3)7-5-10/h4-9H,1-3H3,(H,15,17)/b14-8+. The van der Waals surface area contributed by atoms with Crippen molar-refractivity contribution in [2.75, 3.05) is 7.11 Å². The predicted molar refractivity (Wildman–Crippen MR) is 70.2 cm³/mol. The van der Waals surface area contributed by atoms with E-state index in [0.717, 1.165) is 6.21 Å². The molecule has 6 heteroatoms. The summed E-state index contributed by atoms with van der Waals surface area (Å²) in [4.78, 5) is 22.7. The number of benzene rings is 1. The summed E-state index contributed by atoms with van der Waals surface area (Å²) < 4.78 is 9.79. The molecule has 0 saturated carbocycles. The lowest BCUT2D eigenvalue weighted by Gasteiger charge is -2.04. The number of hydrogen-bond donors (Lipinski definition) is 1. The third kappa shape index (κ3) is 5.20. The Hall–Kier alpha value is -2.37. The Labute approximate surface area is 111 Å². The molecule has 0 saturated heterocycles. The maximum Gasteiger partial charge on any atom is 0.351 e. The molecule has 0 radical (unpaired) electrons. The van der Waals surface area contributed by atoms with E-state index >= 15 is 0 Å². The Morgan fingerprint density at radius 3 is 2.42 bits per heavy atom. The maximum absolute atomic E-state index is 11.6. The van der Waals surface area contributed by atoms with Crippen molar-refractivity contribution in [1.82, 2.24) is 5.43 Å². The van der Waals surface area contributed by atoms with Crippen molar-refractivity contribution in [2.45, 2.75) is 20.0 Å². The Morgan fingerprint density at radius 1 is 1.26 bits per heavy atom. The minimum Gasteiger partial charge on any atom is -0.497 e. The number of amides is 1. The normalized spacial score (nSPS) is 10.5. The van der Waals surface area contributed by atoms with Gasteiger partial charge in [0.1, 0.15) is 12.0 Å². The summed E-state index contributed by atoms with van der Waals surface area (Å²) in [7, 11) is 1.54. The molecule has 6 nitrogen and oxygen atoms in total. The number of hydrazone groups is 1. The van der Waals surface area contributed by atoms with Crippen molar-refractivity contribution in [1.29, 1.82) is 0 Å². The van der Waals surface area contributed by atoms with Crippen LogP contribution in [-0.2, 0) is 9.53 Å². The van der Waals surface area contributed by atoms with Crippen molar-refractivity contribution in [2.24, 2.45) is 5.10 Å². The second-order valence-corrected chi connectivity index (χ2v) is 3.91. The Morgan fingerprint density at radius 2 is 1.89 bits per heavy atom. The quantitative estimate of drug-likeness (QED) is 0.495. The van der Waals surface area contributed by atoms with Gasteiger partial charge in [-0.15, -0.1) is 0 Å². The van der Waals surface area contributed by atoms with Crippen LogP contribution in [-0.4, -0.2) is 31.3 Å². The van der Waals surface area contributed by atoms with Gasteiger partial charge in [0.25, 0.3) is 5.91 Å². The monoisotopic (exact) mass is 264 g/mol. The van der Waals surface area contributed by atoms with Crippen LogP contribution in [0.4, 0.5) is 0 Å². The van der Waals surface area contributed by atoms with Crippen molar-refractivity contribution >= 4 is 18.1 Å². The first-order valence-corrected chi connectivity index (χ1v) is 5.71. The number of carbonyl (C=O) groups is 2. The Balaban J connectivity index is 2.50. The topological polar surface area (TPSA) is 77.0 Å². The largest absolute Gasteiger partial charge is 0.497 e. The number of hydrogen-bond acceptors (Lipinski definition) is 5. The van der Waals surface area contributed by atoms with Gasteiger partial charge in [-0.2, -0.15) is 5.10 Å². The van der Waals surface area contributed by atoms with Gasteiger partial charge in [0.2, 0.25) is 0 Å². The molecule has 19 heavy (non-hydrogen) atoms. The SMILES string of the molecule is COc1ccc(C(=O)N/N=C/C(=O)OC(C)C)cc1. The van der Waals surface area contributed by atoms with E-state index < -0.39 is 11.9 Å². The van der Waals surface area contributed by atoms with Crippen LogP contribution in [0, 0.1) is 0 Å². The molecule has 1 N–H and O–H groups in total. The van der Waals surface area contributed by atoms with Crippen LogP contribution >= 0.6 is 0 Å². The van der Waals surface area contributed by atoms with Crippen molar-refractivity contribution in [3.8, 4) is 5.75 Å². The van der Waals surface area contributed by atoms with Gasteiger partial charge in [0.15, 0.2) is 0 Å². The zero-order valence-corrected chi connectivity index (χ0v) is 11.0. The van der Waals surface area contributed by atoms with Gasteiger partial charge in [-0.1, -0.05) is 0 Å². The number of rotatable bonds is 5. The molecule has 102 valence electrons. The molecule has 0 spiro atoms. The number of esters is 1. The molecule has 1 aromatic carbocycles. The molecule has 0 aliphatic carbocycles. The van der Waals surface area contributed by atoms with Crippen molar-refractivity contribution < 1.29 is 19.1 Å². The molecule has 0 aromatic heterocycles. The summed E-state index contributed by atoms with van der Waals surface area (Å²) in [6, 6.07) is 6.50. The summed E-state index contributed by atoms with van der Waals surface area (Å²) in [6.45, 7) is 3.45. The summed E-state index contributed by atoms with van der Waals surface area (Å²) in [5.74, 6) is -0.373. The van der Waals surface area contributed by atoms with E-state index in [0.29, 0.717) is 11.3 Å². The molecule has 0 aliphatic heterocycles. The number of nitrogens with one attached hydrogen (secondary N) is 1. The van der Waals surface area contributed by atoms with E-state index in [1.807, 2.05) is 0 Å². The van der Waals surface area contributed by atoms with Gasteiger partial charge in [-0.3, -0.25) is 4.79 Å². The van der Waals surface area contributed by atoms with E-state index in [1.165, 1.54) is 0 Å². The summed E-state index contributed by atoms with van der Waals surface area (Å²) in [5.41, 5.74) is 2.64. The summed E-state index contributed by atoms with van der Waals surface area (Å²) >= 11 is 0.